The first kappa shape index (κ1) is 19.1. The molecule has 7 heteroatoms. The Morgan fingerprint density at radius 2 is 2.04 bits per heavy atom. The van der Waals surface area contributed by atoms with E-state index in [-0.39, 0.29) is 5.78 Å². The Labute approximate surface area is 166 Å². The van der Waals surface area contributed by atoms with Crippen molar-refractivity contribution < 1.29 is 23.7 Å². The van der Waals surface area contributed by atoms with Crippen molar-refractivity contribution in [2.75, 3.05) is 32.7 Å². The summed E-state index contributed by atoms with van der Waals surface area (Å²) in [6.07, 6.45) is 1.69. The van der Waals surface area contributed by atoms with Crippen LogP contribution in [0, 0.1) is 0 Å². The van der Waals surface area contributed by atoms with E-state index in [2.05, 4.69) is 15.9 Å². The number of anilines is 1. The second-order valence-corrected chi connectivity index (χ2v) is 6.57. The Morgan fingerprint density at radius 3 is 2.74 bits per heavy atom. The summed E-state index contributed by atoms with van der Waals surface area (Å²) >= 11 is 3.36. The number of nitrogen functional groups attached to an aromatic ring is 1. The summed E-state index contributed by atoms with van der Waals surface area (Å²) in [5, 5.41) is 0. The minimum absolute atomic E-state index is 0.207. The molecule has 142 valence electrons. The molecular weight excluding hydrogens is 414 g/mol. The SMILES string of the molecule is CCOc1ccc(C(=O)/C(Br)=C\c2ccc3c(c2OC)OCCO3)cc1N. The molecule has 0 aliphatic carbocycles. The summed E-state index contributed by atoms with van der Waals surface area (Å²) in [5.74, 6) is 2.03. The Kier molecular flexibility index (Phi) is 5.91. The van der Waals surface area contributed by atoms with Crippen LogP contribution in [0.1, 0.15) is 22.8 Å². The maximum atomic E-state index is 12.8. The van der Waals surface area contributed by atoms with Gasteiger partial charge in [-0.05, 0) is 59.3 Å². The van der Waals surface area contributed by atoms with Crippen LogP contribution >= 0.6 is 15.9 Å². The molecule has 1 aliphatic rings. The first-order valence-corrected chi connectivity index (χ1v) is 9.25. The molecule has 0 atom stereocenters. The van der Waals surface area contributed by atoms with Crippen LogP contribution in [-0.2, 0) is 0 Å². The number of allylic oxidation sites excluding steroid dienone is 1. The van der Waals surface area contributed by atoms with Gasteiger partial charge in [0.05, 0.1) is 23.9 Å². The molecule has 0 aromatic heterocycles. The normalized spacial score (nSPS) is 13.2. The van der Waals surface area contributed by atoms with E-state index in [1.54, 1.807) is 37.5 Å². The number of methoxy groups -OCH3 is 1. The van der Waals surface area contributed by atoms with Gasteiger partial charge in [-0.2, -0.15) is 0 Å². The molecule has 0 bridgehead atoms. The van der Waals surface area contributed by atoms with Crippen LogP contribution in [0.2, 0.25) is 0 Å². The third kappa shape index (κ3) is 4.03. The Balaban J connectivity index is 1.91. The highest BCUT2D eigenvalue weighted by atomic mass is 79.9. The van der Waals surface area contributed by atoms with Crippen molar-refractivity contribution >= 4 is 33.5 Å². The van der Waals surface area contributed by atoms with Crippen LogP contribution in [0.25, 0.3) is 6.08 Å². The van der Waals surface area contributed by atoms with Gasteiger partial charge in [0.15, 0.2) is 17.3 Å². The lowest BCUT2D eigenvalue weighted by atomic mass is 10.1. The van der Waals surface area contributed by atoms with Crippen LogP contribution in [0.5, 0.6) is 23.0 Å². The lowest BCUT2D eigenvalue weighted by Crippen LogP contribution is -2.16. The number of nitrogens with two attached hydrogens (primary N) is 1. The third-order valence-corrected chi connectivity index (χ3v) is 4.56. The van der Waals surface area contributed by atoms with Crippen molar-refractivity contribution in [3.8, 4) is 23.0 Å². The first-order chi connectivity index (χ1) is 13.0. The summed E-state index contributed by atoms with van der Waals surface area (Å²) in [6, 6.07) is 8.58. The van der Waals surface area contributed by atoms with Crippen molar-refractivity contribution in [1.29, 1.82) is 0 Å². The van der Waals surface area contributed by atoms with Gasteiger partial charge in [-0.25, -0.2) is 0 Å². The lowest BCUT2D eigenvalue weighted by Gasteiger charge is -2.21. The zero-order valence-corrected chi connectivity index (χ0v) is 16.7. The zero-order valence-electron chi connectivity index (χ0n) is 15.1. The molecular formula is C20H20BrNO5. The van der Waals surface area contributed by atoms with E-state index >= 15 is 0 Å². The molecule has 2 aromatic rings. The van der Waals surface area contributed by atoms with Crippen LogP contribution < -0.4 is 24.7 Å². The number of ketones is 1. The summed E-state index contributed by atoms with van der Waals surface area (Å²) < 4.78 is 22.5. The standard InChI is InChI=1S/C20H20BrNO5/c1-3-25-16-6-4-12(11-15(16)22)18(23)14(21)10-13-5-7-17-20(19(13)24-2)27-9-8-26-17/h4-7,10-11H,3,8-9,22H2,1-2H3/b14-10+. The quantitative estimate of drug-likeness (QED) is 0.420. The second-order valence-electron chi connectivity index (χ2n) is 5.72. The molecule has 0 radical (unpaired) electrons. The fourth-order valence-corrected chi connectivity index (χ4v) is 3.22. The van der Waals surface area contributed by atoms with E-state index in [1.165, 1.54) is 0 Å². The fraction of sp³-hybridized carbons (Fsp3) is 0.250. The Hall–Kier alpha value is -2.67. The molecule has 2 aromatic carbocycles. The van der Waals surface area contributed by atoms with Gasteiger partial charge in [-0.15, -0.1) is 0 Å². The molecule has 6 nitrogen and oxygen atoms in total. The average Bonchev–Trinajstić information content (AvgIpc) is 2.68. The van der Waals surface area contributed by atoms with Crippen molar-refractivity contribution in [2.45, 2.75) is 6.92 Å². The van der Waals surface area contributed by atoms with Gasteiger partial charge in [-0.3, -0.25) is 4.79 Å². The zero-order chi connectivity index (χ0) is 19.4. The smallest absolute Gasteiger partial charge is 0.204 e. The highest BCUT2D eigenvalue weighted by molar-refractivity contribution is 9.12. The molecule has 0 saturated carbocycles. The van der Waals surface area contributed by atoms with Crippen molar-refractivity contribution in [3.63, 3.8) is 0 Å². The number of fused-ring (bicyclic) bond motifs is 1. The van der Waals surface area contributed by atoms with E-state index in [1.807, 2.05) is 13.0 Å². The van der Waals surface area contributed by atoms with Crippen LogP contribution in [-0.4, -0.2) is 32.7 Å². The van der Waals surface area contributed by atoms with Gasteiger partial charge in [0.25, 0.3) is 0 Å². The number of carbonyl (C=O) groups excluding carboxylic acids is 1. The molecule has 1 aliphatic heterocycles. The van der Waals surface area contributed by atoms with E-state index in [4.69, 9.17) is 24.7 Å². The molecule has 2 N–H and O–H groups in total. The predicted molar refractivity (Wildman–Crippen MR) is 107 cm³/mol. The summed E-state index contributed by atoms with van der Waals surface area (Å²) in [4.78, 5) is 12.8. The highest BCUT2D eigenvalue weighted by Gasteiger charge is 2.20. The number of Topliss-reactive ketones (excluding diaryl/α,β-unsaturated/α-hetero) is 1. The molecule has 1 heterocycles. The fourth-order valence-electron chi connectivity index (χ4n) is 2.75. The molecule has 0 spiro atoms. The largest absolute Gasteiger partial charge is 0.492 e. The van der Waals surface area contributed by atoms with E-state index in [0.29, 0.717) is 64.1 Å². The van der Waals surface area contributed by atoms with Crippen molar-refractivity contribution in [1.82, 2.24) is 0 Å². The van der Waals surface area contributed by atoms with Gasteiger partial charge in [-0.1, -0.05) is 0 Å². The monoisotopic (exact) mass is 433 g/mol. The van der Waals surface area contributed by atoms with Crippen LogP contribution in [0.4, 0.5) is 5.69 Å². The molecule has 0 amide bonds. The number of hydrogen-bond acceptors (Lipinski definition) is 6. The average molecular weight is 434 g/mol. The number of rotatable bonds is 6. The van der Waals surface area contributed by atoms with Gasteiger partial charge in [0.1, 0.15) is 19.0 Å². The second kappa shape index (κ2) is 8.35. The van der Waals surface area contributed by atoms with Gasteiger partial charge in [0.2, 0.25) is 5.75 Å². The molecule has 27 heavy (non-hydrogen) atoms. The van der Waals surface area contributed by atoms with Crippen LogP contribution in [0.3, 0.4) is 0 Å². The maximum Gasteiger partial charge on any atom is 0.204 e. The molecule has 0 fully saturated rings. The minimum Gasteiger partial charge on any atom is -0.492 e. The van der Waals surface area contributed by atoms with E-state index < -0.39 is 0 Å². The molecule has 3 rings (SSSR count). The van der Waals surface area contributed by atoms with Crippen molar-refractivity contribution in [3.05, 3.63) is 45.9 Å². The lowest BCUT2D eigenvalue weighted by molar-refractivity contribution is 0.104. The summed E-state index contributed by atoms with van der Waals surface area (Å²) in [6.45, 7) is 3.32. The maximum absolute atomic E-state index is 12.8. The number of ether oxygens (including phenoxy) is 4. The van der Waals surface area contributed by atoms with Gasteiger partial charge >= 0.3 is 0 Å². The van der Waals surface area contributed by atoms with Crippen LogP contribution in [0.15, 0.2) is 34.8 Å². The molecule has 0 saturated heterocycles. The van der Waals surface area contributed by atoms with Crippen molar-refractivity contribution in [2.24, 2.45) is 0 Å². The highest BCUT2D eigenvalue weighted by Crippen LogP contribution is 2.42. The third-order valence-electron chi connectivity index (χ3n) is 3.97. The predicted octanol–water partition coefficient (Wildman–Crippen LogP) is 4.07. The summed E-state index contributed by atoms with van der Waals surface area (Å²) in [7, 11) is 1.55. The Bertz CT molecular complexity index is 894. The first-order valence-electron chi connectivity index (χ1n) is 8.46. The summed E-state index contributed by atoms with van der Waals surface area (Å²) in [5.41, 5.74) is 7.52. The van der Waals surface area contributed by atoms with E-state index in [9.17, 15) is 4.79 Å². The topological polar surface area (TPSA) is 80.0 Å². The number of hydrogen-bond donors (Lipinski definition) is 1. The van der Waals surface area contributed by atoms with E-state index in [0.717, 1.165) is 0 Å². The number of benzene rings is 2. The van der Waals surface area contributed by atoms with Gasteiger partial charge in [0, 0.05) is 11.1 Å². The Morgan fingerprint density at radius 1 is 1.26 bits per heavy atom. The number of halogens is 1. The minimum atomic E-state index is -0.207. The molecule has 0 unspecified atom stereocenters. The number of carbonyl (C=O) groups is 1. The van der Waals surface area contributed by atoms with Gasteiger partial charge < -0.3 is 24.7 Å².